The number of amides is 1. The van der Waals surface area contributed by atoms with Crippen molar-refractivity contribution in [1.82, 2.24) is 20.8 Å². The molecule has 1 atom stereocenters. The highest BCUT2D eigenvalue weighted by molar-refractivity contribution is 5.92. The summed E-state index contributed by atoms with van der Waals surface area (Å²) < 4.78 is 0. The van der Waals surface area contributed by atoms with Crippen molar-refractivity contribution in [3.8, 4) is 0 Å². The van der Waals surface area contributed by atoms with Gasteiger partial charge in [-0.2, -0.15) is 0 Å². The van der Waals surface area contributed by atoms with Gasteiger partial charge in [0.1, 0.15) is 0 Å². The van der Waals surface area contributed by atoms with E-state index in [1.807, 2.05) is 6.07 Å². The second-order valence-corrected chi connectivity index (χ2v) is 6.23. The lowest BCUT2D eigenvalue weighted by Gasteiger charge is -2.22. The van der Waals surface area contributed by atoms with Crippen molar-refractivity contribution in [2.45, 2.75) is 32.1 Å². The topological polar surface area (TPSA) is 70.2 Å². The molecule has 1 aromatic rings. The van der Waals surface area contributed by atoms with Gasteiger partial charge in [0.2, 0.25) is 0 Å². The quantitative estimate of drug-likeness (QED) is 0.855. The van der Waals surface area contributed by atoms with Gasteiger partial charge in [-0.25, -0.2) is 0 Å². The first-order valence-electron chi connectivity index (χ1n) is 8.40. The summed E-state index contributed by atoms with van der Waals surface area (Å²) in [5, 5.41) is 14.6. The van der Waals surface area contributed by atoms with E-state index in [0.717, 1.165) is 38.4 Å². The van der Waals surface area contributed by atoms with E-state index in [4.69, 9.17) is 0 Å². The minimum atomic E-state index is -0.121. The highest BCUT2D eigenvalue weighted by Crippen LogP contribution is 2.16. The third kappa shape index (κ3) is 3.94. The molecule has 0 radical (unpaired) electrons. The normalized spacial score (nSPS) is 21.8. The van der Waals surface area contributed by atoms with Crippen LogP contribution in [0, 0.1) is 5.92 Å². The van der Waals surface area contributed by atoms with E-state index < -0.39 is 0 Å². The van der Waals surface area contributed by atoms with Crippen molar-refractivity contribution >= 4 is 11.7 Å². The van der Waals surface area contributed by atoms with Gasteiger partial charge >= 0.3 is 0 Å². The number of hydrogen-bond acceptors (Lipinski definition) is 5. The SMILES string of the molecule is O=C(NCCC1CCCNC1)c1ccc(N2CCCC2)nn1. The maximum atomic E-state index is 12.1. The summed E-state index contributed by atoms with van der Waals surface area (Å²) >= 11 is 0. The molecule has 2 saturated heterocycles. The maximum absolute atomic E-state index is 12.1. The van der Waals surface area contributed by atoms with Crippen LogP contribution < -0.4 is 15.5 Å². The minimum Gasteiger partial charge on any atom is -0.355 e. The molecular formula is C16H25N5O. The maximum Gasteiger partial charge on any atom is 0.271 e. The van der Waals surface area contributed by atoms with Gasteiger partial charge in [-0.1, -0.05) is 0 Å². The Labute approximate surface area is 131 Å². The van der Waals surface area contributed by atoms with E-state index in [9.17, 15) is 4.79 Å². The predicted molar refractivity (Wildman–Crippen MR) is 86.0 cm³/mol. The largest absolute Gasteiger partial charge is 0.355 e. The summed E-state index contributed by atoms with van der Waals surface area (Å²) in [5.74, 6) is 1.43. The summed E-state index contributed by atoms with van der Waals surface area (Å²) in [5.41, 5.74) is 0.407. The van der Waals surface area contributed by atoms with Gasteiger partial charge in [0.05, 0.1) is 0 Å². The smallest absolute Gasteiger partial charge is 0.271 e. The molecule has 2 aliphatic heterocycles. The lowest BCUT2D eigenvalue weighted by atomic mass is 9.96. The summed E-state index contributed by atoms with van der Waals surface area (Å²) in [7, 11) is 0. The molecule has 120 valence electrons. The van der Waals surface area contributed by atoms with Gasteiger partial charge in [0.25, 0.3) is 5.91 Å². The Balaban J connectivity index is 1.45. The zero-order valence-corrected chi connectivity index (χ0v) is 13.1. The lowest BCUT2D eigenvalue weighted by molar-refractivity contribution is 0.0944. The Bertz CT molecular complexity index is 478. The Morgan fingerprint density at radius 1 is 1.27 bits per heavy atom. The molecule has 1 unspecified atom stereocenters. The predicted octanol–water partition coefficient (Wildman–Crippen LogP) is 1.20. The zero-order valence-electron chi connectivity index (χ0n) is 13.1. The van der Waals surface area contributed by atoms with Gasteiger partial charge < -0.3 is 15.5 Å². The van der Waals surface area contributed by atoms with E-state index in [1.165, 1.54) is 25.7 Å². The molecule has 3 rings (SSSR count). The second-order valence-electron chi connectivity index (χ2n) is 6.23. The fraction of sp³-hybridized carbons (Fsp3) is 0.688. The Morgan fingerprint density at radius 3 is 2.82 bits per heavy atom. The van der Waals surface area contributed by atoms with E-state index in [2.05, 4.69) is 25.7 Å². The number of anilines is 1. The number of nitrogens with one attached hydrogen (secondary N) is 2. The highest BCUT2D eigenvalue weighted by Gasteiger charge is 2.16. The van der Waals surface area contributed by atoms with E-state index >= 15 is 0 Å². The molecule has 2 fully saturated rings. The third-order valence-electron chi connectivity index (χ3n) is 4.55. The van der Waals surface area contributed by atoms with Crippen LogP contribution in [0.25, 0.3) is 0 Å². The van der Waals surface area contributed by atoms with Crippen LogP contribution in [0.2, 0.25) is 0 Å². The first-order chi connectivity index (χ1) is 10.8. The fourth-order valence-electron chi connectivity index (χ4n) is 3.21. The number of carbonyl (C=O) groups is 1. The molecule has 1 amide bonds. The third-order valence-corrected chi connectivity index (χ3v) is 4.55. The number of carbonyl (C=O) groups excluding carboxylic acids is 1. The summed E-state index contributed by atoms with van der Waals surface area (Å²) in [4.78, 5) is 14.3. The van der Waals surface area contributed by atoms with Crippen LogP contribution in [0.5, 0.6) is 0 Å². The highest BCUT2D eigenvalue weighted by atomic mass is 16.1. The average molecular weight is 303 g/mol. The summed E-state index contributed by atoms with van der Waals surface area (Å²) in [6.45, 7) is 4.98. The van der Waals surface area contributed by atoms with Crippen LogP contribution in [0.3, 0.4) is 0 Å². The molecule has 6 heteroatoms. The van der Waals surface area contributed by atoms with Gasteiger partial charge in [-0.3, -0.25) is 4.79 Å². The van der Waals surface area contributed by atoms with Crippen LogP contribution in [0.4, 0.5) is 5.82 Å². The van der Waals surface area contributed by atoms with E-state index in [1.54, 1.807) is 6.07 Å². The molecule has 0 aromatic carbocycles. The van der Waals surface area contributed by atoms with Crippen molar-refractivity contribution in [3.63, 3.8) is 0 Å². The molecule has 0 aliphatic carbocycles. The second kappa shape index (κ2) is 7.54. The number of nitrogens with zero attached hydrogens (tertiary/aromatic N) is 3. The van der Waals surface area contributed by atoms with Crippen LogP contribution in [0.15, 0.2) is 12.1 Å². The molecule has 3 heterocycles. The molecule has 2 aliphatic rings. The molecule has 0 saturated carbocycles. The Kier molecular flexibility index (Phi) is 5.21. The van der Waals surface area contributed by atoms with Crippen molar-refractivity contribution in [2.24, 2.45) is 5.92 Å². The Morgan fingerprint density at radius 2 is 2.14 bits per heavy atom. The van der Waals surface area contributed by atoms with Gasteiger partial charge in [-0.15, -0.1) is 10.2 Å². The van der Waals surface area contributed by atoms with Crippen LogP contribution in [-0.2, 0) is 0 Å². The van der Waals surface area contributed by atoms with Crippen molar-refractivity contribution in [3.05, 3.63) is 17.8 Å². The fourth-order valence-corrected chi connectivity index (χ4v) is 3.21. The molecule has 1 aromatic heterocycles. The van der Waals surface area contributed by atoms with Gasteiger partial charge in [-0.05, 0) is 63.2 Å². The summed E-state index contributed by atoms with van der Waals surface area (Å²) in [6.07, 6.45) is 5.94. The minimum absolute atomic E-state index is 0.121. The van der Waals surface area contributed by atoms with Crippen molar-refractivity contribution < 1.29 is 4.79 Å². The number of aromatic nitrogens is 2. The van der Waals surface area contributed by atoms with Crippen molar-refractivity contribution in [1.29, 1.82) is 0 Å². The molecule has 0 bridgehead atoms. The Hall–Kier alpha value is -1.69. The van der Waals surface area contributed by atoms with Gasteiger partial charge in [0.15, 0.2) is 11.5 Å². The van der Waals surface area contributed by atoms with Gasteiger partial charge in [0, 0.05) is 19.6 Å². The number of piperidine rings is 1. The molecular weight excluding hydrogens is 278 g/mol. The van der Waals surface area contributed by atoms with E-state index in [0.29, 0.717) is 18.2 Å². The van der Waals surface area contributed by atoms with Crippen LogP contribution >= 0.6 is 0 Å². The molecule has 22 heavy (non-hydrogen) atoms. The molecule has 2 N–H and O–H groups in total. The standard InChI is InChI=1S/C16H25N5O/c22-16(18-9-7-13-4-3-8-17-12-13)14-5-6-15(20-19-14)21-10-1-2-11-21/h5-6,13,17H,1-4,7-12H2,(H,18,22). The zero-order chi connectivity index (χ0) is 15.2. The molecule has 6 nitrogen and oxygen atoms in total. The number of rotatable bonds is 5. The number of hydrogen-bond donors (Lipinski definition) is 2. The lowest BCUT2D eigenvalue weighted by Crippen LogP contribution is -2.33. The first-order valence-corrected chi connectivity index (χ1v) is 8.40. The summed E-state index contributed by atoms with van der Waals surface area (Å²) in [6, 6.07) is 3.68. The van der Waals surface area contributed by atoms with E-state index in [-0.39, 0.29) is 5.91 Å². The average Bonchev–Trinajstić information content (AvgIpc) is 3.10. The molecule has 0 spiro atoms. The van der Waals surface area contributed by atoms with Crippen molar-refractivity contribution in [2.75, 3.05) is 37.6 Å². The van der Waals surface area contributed by atoms with Crippen LogP contribution in [0.1, 0.15) is 42.6 Å². The first kappa shape index (κ1) is 15.2. The monoisotopic (exact) mass is 303 g/mol. The van der Waals surface area contributed by atoms with Crippen LogP contribution in [-0.4, -0.2) is 48.8 Å².